The van der Waals surface area contributed by atoms with Crippen LogP contribution in [0.4, 0.5) is 8.78 Å². The Bertz CT molecular complexity index is 399. The summed E-state index contributed by atoms with van der Waals surface area (Å²) in [7, 11) is 0. The van der Waals surface area contributed by atoms with Gasteiger partial charge in [0.25, 0.3) is 6.43 Å². The third-order valence-corrected chi connectivity index (χ3v) is 2.79. The topological polar surface area (TPSA) is 30.5 Å². The molecule has 0 aliphatic rings. The van der Waals surface area contributed by atoms with Crippen molar-refractivity contribution in [2.45, 2.75) is 39.7 Å². The minimum atomic E-state index is -2.46. The van der Waals surface area contributed by atoms with Crippen LogP contribution in [-0.2, 0) is 0 Å². The van der Waals surface area contributed by atoms with Gasteiger partial charge in [-0.1, -0.05) is 13.0 Å². The van der Waals surface area contributed by atoms with Gasteiger partial charge in [0.1, 0.15) is 0 Å². The van der Waals surface area contributed by atoms with E-state index in [1.165, 1.54) is 0 Å². The highest BCUT2D eigenvalue weighted by molar-refractivity contribution is 5.44. The van der Waals surface area contributed by atoms with Crippen LogP contribution in [0.5, 0.6) is 11.5 Å². The normalized spacial score (nSPS) is 12.5. The fraction of sp³-hybridized carbons (Fsp3) is 0.600. The van der Waals surface area contributed by atoms with Gasteiger partial charge < -0.3 is 14.8 Å². The third kappa shape index (κ3) is 4.63. The van der Waals surface area contributed by atoms with E-state index >= 15 is 0 Å². The van der Waals surface area contributed by atoms with Crippen molar-refractivity contribution in [2.75, 3.05) is 19.8 Å². The van der Waals surface area contributed by atoms with Crippen LogP contribution in [0, 0.1) is 0 Å². The Kier molecular flexibility index (Phi) is 7.30. The largest absolute Gasteiger partial charge is 0.490 e. The molecule has 5 heteroatoms. The van der Waals surface area contributed by atoms with Crippen molar-refractivity contribution in [3.05, 3.63) is 23.8 Å². The predicted molar refractivity (Wildman–Crippen MR) is 75.8 cm³/mol. The molecule has 0 spiro atoms. The maximum Gasteiger partial charge on any atom is 0.257 e. The highest BCUT2D eigenvalue weighted by Crippen LogP contribution is 2.32. The lowest BCUT2D eigenvalue weighted by Crippen LogP contribution is -2.28. The Morgan fingerprint density at radius 2 is 1.70 bits per heavy atom. The molecule has 0 aliphatic carbocycles. The molecule has 1 atom stereocenters. The van der Waals surface area contributed by atoms with Crippen molar-refractivity contribution < 1.29 is 18.3 Å². The van der Waals surface area contributed by atoms with Crippen LogP contribution in [0.15, 0.2) is 18.2 Å². The summed E-state index contributed by atoms with van der Waals surface area (Å²) < 4.78 is 37.2. The zero-order chi connectivity index (χ0) is 15.0. The highest BCUT2D eigenvalue weighted by atomic mass is 19.3. The van der Waals surface area contributed by atoms with Gasteiger partial charge in [-0.3, -0.25) is 0 Å². The van der Waals surface area contributed by atoms with Crippen LogP contribution in [0.3, 0.4) is 0 Å². The van der Waals surface area contributed by atoms with Gasteiger partial charge in [0, 0.05) is 0 Å². The molecule has 3 nitrogen and oxygen atoms in total. The Hall–Kier alpha value is -1.36. The van der Waals surface area contributed by atoms with E-state index in [0.717, 1.165) is 6.42 Å². The summed E-state index contributed by atoms with van der Waals surface area (Å²) in [6.07, 6.45) is -1.66. The van der Waals surface area contributed by atoms with Gasteiger partial charge in [0.2, 0.25) is 0 Å². The molecule has 1 unspecified atom stereocenters. The molecule has 1 N–H and O–H groups in total. The summed E-state index contributed by atoms with van der Waals surface area (Å²) in [5.41, 5.74) is 0.514. The summed E-state index contributed by atoms with van der Waals surface area (Å²) in [6.45, 7) is 7.18. The Balaban J connectivity index is 3.00. The van der Waals surface area contributed by atoms with E-state index in [9.17, 15) is 8.78 Å². The third-order valence-electron chi connectivity index (χ3n) is 2.79. The molecule has 1 aromatic carbocycles. The Morgan fingerprint density at radius 1 is 1.05 bits per heavy atom. The van der Waals surface area contributed by atoms with Crippen LogP contribution >= 0.6 is 0 Å². The van der Waals surface area contributed by atoms with Crippen molar-refractivity contribution in [2.24, 2.45) is 0 Å². The lowest BCUT2D eigenvalue weighted by Gasteiger charge is -2.20. The van der Waals surface area contributed by atoms with E-state index in [-0.39, 0.29) is 0 Å². The van der Waals surface area contributed by atoms with Gasteiger partial charge in [-0.25, -0.2) is 8.78 Å². The summed E-state index contributed by atoms with van der Waals surface area (Å²) in [5, 5.41) is 2.86. The van der Waals surface area contributed by atoms with E-state index in [1.54, 1.807) is 18.2 Å². The first-order valence-electron chi connectivity index (χ1n) is 7.05. The number of benzene rings is 1. The number of hydrogen-bond acceptors (Lipinski definition) is 3. The van der Waals surface area contributed by atoms with Crippen molar-refractivity contribution >= 4 is 0 Å². The molecule has 0 radical (unpaired) electrons. The first kappa shape index (κ1) is 16.7. The quantitative estimate of drug-likeness (QED) is 0.749. The summed E-state index contributed by atoms with van der Waals surface area (Å²) in [5.74, 6) is 1.09. The maximum atomic E-state index is 13.1. The van der Waals surface area contributed by atoms with Crippen LogP contribution in [0.2, 0.25) is 0 Å². The summed E-state index contributed by atoms with van der Waals surface area (Å²) >= 11 is 0. The van der Waals surface area contributed by atoms with Crippen LogP contribution in [-0.4, -0.2) is 26.2 Å². The number of alkyl halides is 2. The number of ether oxygens (including phenoxy) is 2. The standard InChI is InChI=1S/C15H23F2NO2/c1-4-9-18-14(15(16)17)11-7-8-12(19-5-2)13(10-11)20-6-3/h7-8,10,14-15,18H,4-6,9H2,1-3H3. The van der Waals surface area contributed by atoms with E-state index in [2.05, 4.69) is 5.32 Å². The second-order valence-electron chi connectivity index (χ2n) is 4.34. The maximum absolute atomic E-state index is 13.1. The Labute approximate surface area is 119 Å². The lowest BCUT2D eigenvalue weighted by atomic mass is 10.1. The number of halogens is 2. The van der Waals surface area contributed by atoms with Crippen LogP contribution in [0.25, 0.3) is 0 Å². The number of hydrogen-bond donors (Lipinski definition) is 1. The van der Waals surface area contributed by atoms with Crippen molar-refractivity contribution in [3.8, 4) is 11.5 Å². The molecule has 0 fully saturated rings. The van der Waals surface area contributed by atoms with E-state index < -0.39 is 12.5 Å². The summed E-state index contributed by atoms with van der Waals surface area (Å²) in [6, 6.07) is 4.00. The number of rotatable bonds is 9. The fourth-order valence-corrected chi connectivity index (χ4v) is 1.91. The molecule has 0 heterocycles. The van der Waals surface area contributed by atoms with Crippen molar-refractivity contribution in [3.63, 3.8) is 0 Å². The van der Waals surface area contributed by atoms with Gasteiger partial charge in [-0.15, -0.1) is 0 Å². The molecular formula is C15H23F2NO2. The van der Waals surface area contributed by atoms with Gasteiger partial charge >= 0.3 is 0 Å². The molecule has 0 bridgehead atoms. The van der Waals surface area contributed by atoms with Gasteiger partial charge in [0.05, 0.1) is 19.3 Å². The molecule has 0 aliphatic heterocycles. The van der Waals surface area contributed by atoms with E-state index in [4.69, 9.17) is 9.47 Å². The molecule has 1 aromatic rings. The zero-order valence-corrected chi connectivity index (χ0v) is 12.3. The van der Waals surface area contributed by atoms with E-state index in [0.29, 0.717) is 36.8 Å². The van der Waals surface area contributed by atoms with Gasteiger partial charge in [-0.05, 0) is 44.5 Å². The molecule has 20 heavy (non-hydrogen) atoms. The van der Waals surface area contributed by atoms with Gasteiger partial charge in [-0.2, -0.15) is 0 Å². The number of nitrogens with one attached hydrogen (secondary N) is 1. The average molecular weight is 287 g/mol. The highest BCUT2D eigenvalue weighted by Gasteiger charge is 2.22. The van der Waals surface area contributed by atoms with Gasteiger partial charge in [0.15, 0.2) is 11.5 Å². The first-order valence-corrected chi connectivity index (χ1v) is 7.05. The van der Waals surface area contributed by atoms with Crippen LogP contribution < -0.4 is 14.8 Å². The molecule has 0 amide bonds. The molecular weight excluding hydrogens is 264 g/mol. The molecule has 0 saturated carbocycles. The minimum Gasteiger partial charge on any atom is -0.490 e. The lowest BCUT2D eigenvalue weighted by molar-refractivity contribution is 0.0983. The first-order chi connectivity index (χ1) is 9.63. The molecule has 0 saturated heterocycles. The monoisotopic (exact) mass is 287 g/mol. The minimum absolute atomic E-state index is 0.464. The van der Waals surface area contributed by atoms with Crippen molar-refractivity contribution in [1.82, 2.24) is 5.32 Å². The molecule has 114 valence electrons. The van der Waals surface area contributed by atoms with Crippen molar-refractivity contribution in [1.29, 1.82) is 0 Å². The molecule has 0 aromatic heterocycles. The van der Waals surface area contributed by atoms with E-state index in [1.807, 2.05) is 20.8 Å². The molecule has 1 rings (SSSR count). The predicted octanol–water partition coefficient (Wildman–Crippen LogP) is 3.79. The second-order valence-corrected chi connectivity index (χ2v) is 4.34. The zero-order valence-electron chi connectivity index (χ0n) is 12.3. The fourth-order valence-electron chi connectivity index (χ4n) is 1.91. The smallest absolute Gasteiger partial charge is 0.257 e. The Morgan fingerprint density at radius 3 is 2.25 bits per heavy atom. The SMILES string of the molecule is CCCNC(c1ccc(OCC)c(OCC)c1)C(F)F. The average Bonchev–Trinajstić information content (AvgIpc) is 2.42. The second kappa shape index (κ2) is 8.74. The summed E-state index contributed by atoms with van der Waals surface area (Å²) in [4.78, 5) is 0. The van der Waals surface area contributed by atoms with Crippen LogP contribution in [0.1, 0.15) is 38.8 Å².